The van der Waals surface area contributed by atoms with Crippen LogP contribution in [0.15, 0.2) is 29.4 Å². The summed E-state index contributed by atoms with van der Waals surface area (Å²) in [5, 5.41) is 9.76. The molecule has 5 N–H and O–H groups in total. The van der Waals surface area contributed by atoms with Crippen LogP contribution in [0.1, 0.15) is 6.92 Å². The smallest absolute Gasteiger partial charge is 0.242 e. The fourth-order valence-corrected chi connectivity index (χ4v) is 2.84. The molecule has 0 bridgehead atoms. The van der Waals surface area contributed by atoms with Gasteiger partial charge in [-0.3, -0.25) is 0 Å². The molecule has 0 spiro atoms. The molecule has 2 atom stereocenters. The number of aromatic nitrogens is 2. The monoisotopic (exact) mass is 284 g/mol. The van der Waals surface area contributed by atoms with Gasteiger partial charge < -0.3 is 15.8 Å². The Labute approximate surface area is 110 Å². The lowest BCUT2D eigenvalue weighted by atomic mass is 10.2. The number of aromatic amines is 1. The van der Waals surface area contributed by atoms with E-state index < -0.39 is 22.2 Å². The number of sulfonamides is 1. The molecule has 2 rings (SSSR count). The number of nitrogens with two attached hydrogens (primary N) is 1. The first-order valence-electron chi connectivity index (χ1n) is 5.77. The Balaban J connectivity index is 2.25. The van der Waals surface area contributed by atoms with Crippen molar-refractivity contribution in [3.8, 4) is 0 Å². The molecular weight excluding hydrogens is 268 g/mol. The molecule has 0 fully saturated rings. The van der Waals surface area contributed by atoms with Gasteiger partial charge in [0.05, 0.1) is 6.10 Å². The van der Waals surface area contributed by atoms with Crippen molar-refractivity contribution in [1.82, 2.24) is 14.7 Å². The molecule has 0 aromatic carbocycles. The first-order chi connectivity index (χ1) is 8.92. The molecule has 2 aromatic rings. The lowest BCUT2D eigenvalue weighted by Gasteiger charge is -2.15. The SMILES string of the molecule is CC(O)C(N)CNS(=O)(=O)c1c[nH]c2ncccc12. The molecule has 19 heavy (non-hydrogen) atoms. The quantitative estimate of drug-likeness (QED) is 0.592. The summed E-state index contributed by atoms with van der Waals surface area (Å²) in [4.78, 5) is 6.94. The highest BCUT2D eigenvalue weighted by atomic mass is 32.2. The van der Waals surface area contributed by atoms with Gasteiger partial charge >= 0.3 is 0 Å². The maximum atomic E-state index is 12.1. The Hall–Kier alpha value is -1.48. The summed E-state index contributed by atoms with van der Waals surface area (Å²) in [6.45, 7) is 1.47. The Kier molecular flexibility index (Phi) is 3.85. The average Bonchev–Trinajstić information content (AvgIpc) is 2.80. The third-order valence-corrected chi connectivity index (χ3v) is 4.29. The summed E-state index contributed by atoms with van der Waals surface area (Å²) >= 11 is 0. The fourth-order valence-electron chi connectivity index (χ4n) is 1.61. The van der Waals surface area contributed by atoms with Crippen LogP contribution < -0.4 is 10.5 Å². The van der Waals surface area contributed by atoms with Crippen molar-refractivity contribution in [2.45, 2.75) is 24.0 Å². The van der Waals surface area contributed by atoms with Gasteiger partial charge in [-0.1, -0.05) is 0 Å². The van der Waals surface area contributed by atoms with E-state index in [-0.39, 0.29) is 11.4 Å². The normalized spacial score (nSPS) is 15.5. The first-order valence-corrected chi connectivity index (χ1v) is 7.25. The van der Waals surface area contributed by atoms with Gasteiger partial charge in [0.25, 0.3) is 0 Å². The van der Waals surface area contributed by atoms with Crippen LogP contribution >= 0.6 is 0 Å². The number of aliphatic hydroxyl groups excluding tert-OH is 1. The predicted molar refractivity (Wildman–Crippen MR) is 70.9 cm³/mol. The molecule has 0 saturated heterocycles. The van der Waals surface area contributed by atoms with Crippen LogP contribution in [-0.2, 0) is 10.0 Å². The summed E-state index contributed by atoms with van der Waals surface area (Å²) in [6, 6.07) is 2.68. The predicted octanol–water partition coefficient (Wildman–Crippen LogP) is -0.451. The van der Waals surface area contributed by atoms with Crippen LogP contribution in [-0.4, -0.2) is 42.2 Å². The van der Waals surface area contributed by atoms with Crippen LogP contribution in [0.25, 0.3) is 11.0 Å². The van der Waals surface area contributed by atoms with Crippen LogP contribution in [0.2, 0.25) is 0 Å². The molecule has 2 unspecified atom stereocenters. The van der Waals surface area contributed by atoms with E-state index in [1.807, 2.05) is 0 Å². The molecule has 7 nitrogen and oxygen atoms in total. The fraction of sp³-hybridized carbons (Fsp3) is 0.364. The lowest BCUT2D eigenvalue weighted by Crippen LogP contribution is -2.43. The number of rotatable bonds is 5. The van der Waals surface area contributed by atoms with E-state index in [2.05, 4.69) is 14.7 Å². The van der Waals surface area contributed by atoms with Crippen LogP contribution in [0.4, 0.5) is 0 Å². The van der Waals surface area contributed by atoms with Crippen molar-refractivity contribution in [3.63, 3.8) is 0 Å². The molecule has 0 radical (unpaired) electrons. The zero-order valence-electron chi connectivity index (χ0n) is 10.4. The van der Waals surface area contributed by atoms with Crippen LogP contribution in [0, 0.1) is 0 Å². The molecular formula is C11H16N4O3S. The summed E-state index contributed by atoms with van der Waals surface area (Å²) in [5.41, 5.74) is 6.10. The minimum atomic E-state index is -3.68. The summed E-state index contributed by atoms with van der Waals surface area (Å²) in [6.07, 6.45) is 2.17. The molecule has 0 aliphatic heterocycles. The minimum absolute atomic E-state index is 0.0348. The maximum absolute atomic E-state index is 12.1. The number of H-pyrrole nitrogens is 1. The number of hydrogen-bond acceptors (Lipinski definition) is 5. The zero-order valence-corrected chi connectivity index (χ0v) is 11.2. The number of aliphatic hydroxyl groups is 1. The maximum Gasteiger partial charge on any atom is 0.242 e. The van der Waals surface area contributed by atoms with Gasteiger partial charge in [0.1, 0.15) is 10.5 Å². The van der Waals surface area contributed by atoms with Gasteiger partial charge in [0.15, 0.2) is 0 Å². The van der Waals surface area contributed by atoms with Gasteiger partial charge in [-0.15, -0.1) is 0 Å². The number of nitrogens with one attached hydrogen (secondary N) is 2. The van der Waals surface area contributed by atoms with Crippen molar-refractivity contribution in [3.05, 3.63) is 24.5 Å². The van der Waals surface area contributed by atoms with Crippen molar-refractivity contribution >= 4 is 21.1 Å². The molecule has 104 valence electrons. The average molecular weight is 284 g/mol. The van der Waals surface area contributed by atoms with Crippen molar-refractivity contribution < 1.29 is 13.5 Å². The zero-order chi connectivity index (χ0) is 14.0. The van der Waals surface area contributed by atoms with E-state index in [1.54, 1.807) is 18.3 Å². The Morgan fingerprint density at radius 3 is 3.00 bits per heavy atom. The largest absolute Gasteiger partial charge is 0.392 e. The van der Waals surface area contributed by atoms with Gasteiger partial charge in [-0.05, 0) is 19.1 Å². The summed E-state index contributed by atoms with van der Waals surface area (Å²) in [7, 11) is -3.68. The van der Waals surface area contributed by atoms with E-state index in [0.717, 1.165) is 0 Å². The third-order valence-electron chi connectivity index (χ3n) is 2.83. The van der Waals surface area contributed by atoms with Gasteiger partial charge in [-0.25, -0.2) is 18.1 Å². The van der Waals surface area contributed by atoms with Gasteiger partial charge in [0, 0.05) is 30.4 Å². The highest BCUT2D eigenvalue weighted by Gasteiger charge is 2.20. The number of pyridine rings is 1. The Bertz CT molecular complexity index is 665. The van der Waals surface area contributed by atoms with E-state index >= 15 is 0 Å². The standard InChI is InChI=1S/C11H16N4O3S/c1-7(16)9(12)5-15-19(17,18)10-6-14-11-8(10)3-2-4-13-11/h2-4,6-7,9,15-16H,5,12H2,1H3,(H,13,14). The van der Waals surface area contributed by atoms with E-state index in [4.69, 9.17) is 5.73 Å². The van der Waals surface area contributed by atoms with Gasteiger partial charge in [0.2, 0.25) is 10.0 Å². The molecule has 0 aliphatic carbocycles. The second kappa shape index (κ2) is 5.25. The van der Waals surface area contributed by atoms with Crippen LogP contribution in [0.5, 0.6) is 0 Å². The second-order valence-corrected chi connectivity index (χ2v) is 6.04. The molecule has 0 amide bonds. The number of hydrogen-bond donors (Lipinski definition) is 4. The third kappa shape index (κ3) is 2.92. The topological polar surface area (TPSA) is 121 Å². The summed E-state index contributed by atoms with van der Waals surface area (Å²) < 4.78 is 26.7. The molecule has 0 saturated carbocycles. The van der Waals surface area contributed by atoms with Crippen molar-refractivity contribution in [2.75, 3.05) is 6.54 Å². The first kappa shape index (κ1) is 13.9. The minimum Gasteiger partial charge on any atom is -0.392 e. The van der Waals surface area contributed by atoms with Crippen molar-refractivity contribution in [2.24, 2.45) is 5.73 Å². The molecule has 2 heterocycles. The molecule has 0 aliphatic rings. The van der Waals surface area contributed by atoms with E-state index in [9.17, 15) is 13.5 Å². The molecule has 8 heteroatoms. The highest BCUT2D eigenvalue weighted by molar-refractivity contribution is 7.89. The molecule has 2 aromatic heterocycles. The Morgan fingerprint density at radius 1 is 1.58 bits per heavy atom. The van der Waals surface area contributed by atoms with E-state index in [1.165, 1.54) is 13.1 Å². The second-order valence-electron chi connectivity index (χ2n) is 4.31. The van der Waals surface area contributed by atoms with Crippen molar-refractivity contribution in [1.29, 1.82) is 0 Å². The highest BCUT2D eigenvalue weighted by Crippen LogP contribution is 2.20. The Morgan fingerprint density at radius 2 is 2.32 bits per heavy atom. The van der Waals surface area contributed by atoms with Crippen LogP contribution in [0.3, 0.4) is 0 Å². The van der Waals surface area contributed by atoms with Gasteiger partial charge in [-0.2, -0.15) is 0 Å². The number of nitrogens with zero attached hydrogens (tertiary/aromatic N) is 1. The number of fused-ring (bicyclic) bond motifs is 1. The lowest BCUT2D eigenvalue weighted by molar-refractivity contribution is 0.164. The summed E-state index contributed by atoms with van der Waals surface area (Å²) in [5.74, 6) is 0. The van der Waals surface area contributed by atoms with E-state index in [0.29, 0.717) is 11.0 Å².